The molecule has 0 aliphatic carbocycles. The van der Waals surface area contributed by atoms with Crippen LogP contribution in [0.2, 0.25) is 10.0 Å². The van der Waals surface area contributed by atoms with Crippen molar-refractivity contribution in [3.63, 3.8) is 0 Å². The molecule has 0 aliphatic heterocycles. The highest BCUT2D eigenvalue weighted by Gasteiger charge is 2.12. The van der Waals surface area contributed by atoms with E-state index in [-0.39, 0.29) is 22.2 Å². The minimum atomic E-state index is -0.521. The molecule has 7 heteroatoms. The third-order valence-corrected chi connectivity index (χ3v) is 4.90. The van der Waals surface area contributed by atoms with Gasteiger partial charge in [0.15, 0.2) is 0 Å². The second-order valence-corrected chi connectivity index (χ2v) is 7.05. The van der Waals surface area contributed by atoms with Gasteiger partial charge in [-0.25, -0.2) is 0 Å². The van der Waals surface area contributed by atoms with Gasteiger partial charge in [-0.05, 0) is 55.3 Å². The molecule has 0 aromatic heterocycles. The van der Waals surface area contributed by atoms with Crippen molar-refractivity contribution in [2.24, 2.45) is 0 Å². The maximum Gasteiger partial charge on any atom is 0.271 e. The number of hydrogen-bond acceptors (Lipinski definition) is 3. The lowest BCUT2D eigenvalue weighted by molar-refractivity contribution is -0.119. The zero-order valence-electron chi connectivity index (χ0n) is 13.2. The molecule has 24 heavy (non-hydrogen) atoms. The van der Waals surface area contributed by atoms with Gasteiger partial charge in [0.05, 0.1) is 16.3 Å². The molecule has 0 heterocycles. The molecule has 126 valence electrons. The Bertz CT molecular complexity index is 781. The van der Waals surface area contributed by atoms with Crippen LogP contribution in [-0.2, 0) is 4.79 Å². The number of thioether (sulfide) groups is 1. The lowest BCUT2D eigenvalue weighted by Gasteiger charge is -2.09. The number of nitrogens with one attached hydrogen (secondary N) is 2. The molecule has 2 N–H and O–H groups in total. The molecule has 0 fully saturated rings. The highest BCUT2D eigenvalue weighted by atomic mass is 35.5. The van der Waals surface area contributed by atoms with Crippen molar-refractivity contribution in [1.29, 1.82) is 0 Å². The van der Waals surface area contributed by atoms with E-state index >= 15 is 0 Å². The van der Waals surface area contributed by atoms with Gasteiger partial charge in [-0.3, -0.25) is 20.4 Å². The maximum absolute atomic E-state index is 12.0. The number of hydrogen-bond donors (Lipinski definition) is 2. The predicted molar refractivity (Wildman–Crippen MR) is 98.7 cm³/mol. The fraction of sp³-hybridized carbons (Fsp3) is 0.176. The topological polar surface area (TPSA) is 58.2 Å². The first-order chi connectivity index (χ1) is 11.4. The van der Waals surface area contributed by atoms with E-state index in [9.17, 15) is 9.59 Å². The van der Waals surface area contributed by atoms with Gasteiger partial charge in [0, 0.05) is 9.92 Å². The van der Waals surface area contributed by atoms with Crippen molar-refractivity contribution in [1.82, 2.24) is 10.9 Å². The van der Waals surface area contributed by atoms with Gasteiger partial charge < -0.3 is 0 Å². The van der Waals surface area contributed by atoms with Crippen LogP contribution < -0.4 is 10.9 Å². The van der Waals surface area contributed by atoms with E-state index < -0.39 is 5.91 Å². The van der Waals surface area contributed by atoms with Crippen molar-refractivity contribution >= 4 is 46.8 Å². The summed E-state index contributed by atoms with van der Waals surface area (Å²) in [4.78, 5) is 24.9. The lowest BCUT2D eigenvalue weighted by atomic mass is 10.1. The van der Waals surface area contributed by atoms with Crippen LogP contribution in [0.4, 0.5) is 0 Å². The summed E-state index contributed by atoms with van der Waals surface area (Å²) in [6.07, 6.45) is 0. The first-order valence-corrected chi connectivity index (χ1v) is 8.85. The van der Waals surface area contributed by atoms with Gasteiger partial charge in [-0.1, -0.05) is 29.3 Å². The van der Waals surface area contributed by atoms with Gasteiger partial charge in [0.25, 0.3) is 5.91 Å². The summed E-state index contributed by atoms with van der Waals surface area (Å²) < 4.78 is 0. The number of carbonyl (C=O) groups excluding carboxylic acids is 2. The summed E-state index contributed by atoms with van der Waals surface area (Å²) in [5, 5.41) is 0.650. The fourth-order valence-electron chi connectivity index (χ4n) is 1.85. The molecular formula is C17H16Cl2N2O2S. The van der Waals surface area contributed by atoms with E-state index in [4.69, 9.17) is 23.2 Å². The van der Waals surface area contributed by atoms with Crippen LogP contribution in [0.5, 0.6) is 0 Å². The van der Waals surface area contributed by atoms with Crippen LogP contribution in [0, 0.1) is 13.8 Å². The lowest BCUT2D eigenvalue weighted by Crippen LogP contribution is -2.42. The molecule has 2 amide bonds. The number of carbonyl (C=O) groups is 2. The molecule has 2 rings (SSSR count). The maximum atomic E-state index is 12.0. The monoisotopic (exact) mass is 382 g/mol. The normalized spacial score (nSPS) is 10.3. The fourth-order valence-corrected chi connectivity index (χ4v) is 3.02. The van der Waals surface area contributed by atoms with Gasteiger partial charge in [-0.15, -0.1) is 11.8 Å². The third kappa shape index (κ3) is 5.16. The van der Waals surface area contributed by atoms with Gasteiger partial charge in [-0.2, -0.15) is 0 Å². The second-order valence-electron chi connectivity index (χ2n) is 5.16. The molecule has 2 aromatic rings. The zero-order valence-corrected chi connectivity index (χ0v) is 15.5. The first kappa shape index (κ1) is 18.6. The average molecular weight is 383 g/mol. The van der Waals surface area contributed by atoms with Crippen molar-refractivity contribution in [3.05, 3.63) is 63.1 Å². The molecule has 2 aromatic carbocycles. The standard InChI is InChI=1S/C17H16Cl2N2O2S/c1-10-3-5-13(7-11(10)2)24-9-16(22)20-21-17(23)14-8-12(18)4-6-15(14)19/h3-8H,9H2,1-2H3,(H,20,22)(H,21,23). The Morgan fingerprint density at radius 3 is 2.46 bits per heavy atom. The van der Waals surface area contributed by atoms with Crippen LogP contribution in [0.3, 0.4) is 0 Å². The largest absolute Gasteiger partial charge is 0.272 e. The molecule has 0 saturated carbocycles. The van der Waals surface area contributed by atoms with Crippen LogP contribution >= 0.6 is 35.0 Å². The quantitative estimate of drug-likeness (QED) is 0.616. The van der Waals surface area contributed by atoms with E-state index in [0.717, 1.165) is 4.90 Å². The Kier molecular flexibility index (Phi) is 6.54. The van der Waals surface area contributed by atoms with E-state index in [1.165, 1.54) is 35.0 Å². The highest BCUT2D eigenvalue weighted by molar-refractivity contribution is 8.00. The van der Waals surface area contributed by atoms with Crippen LogP contribution in [-0.4, -0.2) is 17.6 Å². The number of amides is 2. The Morgan fingerprint density at radius 1 is 1.00 bits per heavy atom. The predicted octanol–water partition coefficient (Wildman–Crippen LogP) is 4.16. The van der Waals surface area contributed by atoms with Crippen molar-refractivity contribution in [2.75, 3.05) is 5.75 Å². The number of rotatable bonds is 4. The van der Waals surface area contributed by atoms with Crippen LogP contribution in [0.15, 0.2) is 41.3 Å². The summed E-state index contributed by atoms with van der Waals surface area (Å²) in [7, 11) is 0. The molecule has 0 unspecified atom stereocenters. The van der Waals surface area contributed by atoms with Crippen molar-refractivity contribution < 1.29 is 9.59 Å². The Hall–Kier alpha value is -1.69. The molecule has 0 saturated heterocycles. The van der Waals surface area contributed by atoms with E-state index in [1.54, 1.807) is 6.07 Å². The van der Waals surface area contributed by atoms with E-state index in [0.29, 0.717) is 5.02 Å². The molecular weight excluding hydrogens is 367 g/mol. The van der Waals surface area contributed by atoms with Gasteiger partial charge in [0.2, 0.25) is 5.91 Å². The highest BCUT2D eigenvalue weighted by Crippen LogP contribution is 2.21. The minimum Gasteiger partial charge on any atom is -0.272 e. The Balaban J connectivity index is 1.85. The SMILES string of the molecule is Cc1ccc(SCC(=O)NNC(=O)c2cc(Cl)ccc2Cl)cc1C. The molecule has 0 spiro atoms. The van der Waals surface area contributed by atoms with E-state index in [1.807, 2.05) is 32.0 Å². The second kappa shape index (κ2) is 8.42. The molecule has 4 nitrogen and oxygen atoms in total. The number of hydrazine groups is 1. The molecule has 0 radical (unpaired) electrons. The Morgan fingerprint density at radius 2 is 1.75 bits per heavy atom. The molecule has 0 aliphatic rings. The summed E-state index contributed by atoms with van der Waals surface area (Å²) in [5.41, 5.74) is 7.27. The van der Waals surface area contributed by atoms with Crippen LogP contribution in [0.1, 0.15) is 21.5 Å². The summed E-state index contributed by atoms with van der Waals surface area (Å²) in [6.45, 7) is 4.06. The minimum absolute atomic E-state index is 0.187. The molecule has 0 atom stereocenters. The van der Waals surface area contributed by atoms with Gasteiger partial charge >= 0.3 is 0 Å². The summed E-state index contributed by atoms with van der Waals surface area (Å²) >= 11 is 13.2. The van der Waals surface area contributed by atoms with Crippen molar-refractivity contribution in [3.8, 4) is 0 Å². The van der Waals surface area contributed by atoms with Crippen molar-refractivity contribution in [2.45, 2.75) is 18.7 Å². The third-order valence-electron chi connectivity index (χ3n) is 3.34. The van der Waals surface area contributed by atoms with E-state index in [2.05, 4.69) is 10.9 Å². The zero-order chi connectivity index (χ0) is 17.7. The molecule has 0 bridgehead atoms. The van der Waals surface area contributed by atoms with Crippen LogP contribution in [0.25, 0.3) is 0 Å². The smallest absolute Gasteiger partial charge is 0.271 e. The Labute approximate surface area is 154 Å². The van der Waals surface area contributed by atoms with Gasteiger partial charge in [0.1, 0.15) is 0 Å². The number of halogens is 2. The summed E-state index contributed by atoms with van der Waals surface area (Å²) in [5.74, 6) is -0.650. The number of aryl methyl sites for hydroxylation is 2. The summed E-state index contributed by atoms with van der Waals surface area (Å²) in [6, 6.07) is 10.5. The first-order valence-electron chi connectivity index (χ1n) is 7.11. The number of benzene rings is 2. The average Bonchev–Trinajstić information content (AvgIpc) is 2.56.